The van der Waals surface area contributed by atoms with E-state index >= 15 is 0 Å². The summed E-state index contributed by atoms with van der Waals surface area (Å²) in [5.74, 6) is 2.42. The molecule has 5 aliphatic carbocycles. The smallest absolute Gasteiger partial charge is 0.0132 e. The highest BCUT2D eigenvalue weighted by atomic mass is 15.0. The zero-order valence-corrected chi connectivity index (χ0v) is 6.14. The predicted octanol–water partition coefficient (Wildman–Crippen LogP) is 2.36. The average Bonchev–Trinajstić information content (AvgIpc) is 2.64. The Morgan fingerprint density at radius 2 is 2.10 bits per heavy atom. The maximum absolute atomic E-state index is 2.43. The van der Waals surface area contributed by atoms with Crippen molar-refractivity contribution in [2.45, 2.75) is 25.7 Å². The number of hydrogen-bond acceptors (Lipinski definition) is 0. The lowest BCUT2D eigenvalue weighted by Gasteiger charge is -2.23. The molecule has 0 aromatic heterocycles. The number of hydrogen-bond donors (Lipinski definition) is 0. The molecule has 5 aliphatic rings. The first-order chi connectivity index (χ1) is 4.92. The molecule has 0 aliphatic heterocycles. The zero-order chi connectivity index (χ0) is 6.40. The first-order valence-electron chi connectivity index (χ1n) is 4.57. The van der Waals surface area contributed by atoms with Crippen LogP contribution in [-0.2, 0) is 0 Å². The lowest BCUT2D eigenvalue weighted by molar-refractivity contribution is 0.312. The maximum atomic E-state index is 2.43. The van der Waals surface area contributed by atoms with E-state index in [2.05, 4.69) is 12.2 Å². The minimum absolute atomic E-state index is 0.909. The molecular formula is C10H12. The summed E-state index contributed by atoms with van der Waals surface area (Å²) in [5.41, 5.74) is 1.84. The molecule has 0 nitrogen and oxygen atoms in total. The first kappa shape index (κ1) is 4.58. The van der Waals surface area contributed by atoms with Gasteiger partial charge in [0, 0.05) is 0 Å². The summed E-state index contributed by atoms with van der Waals surface area (Å²) >= 11 is 0. The van der Waals surface area contributed by atoms with Crippen molar-refractivity contribution in [1.29, 1.82) is 0 Å². The van der Waals surface area contributed by atoms with Crippen molar-refractivity contribution in [3.63, 3.8) is 0 Å². The van der Waals surface area contributed by atoms with Crippen LogP contribution in [0.2, 0.25) is 0 Å². The SMILES string of the molecule is C1=CC[C@]23[C@H]4CC[C@]2(C1)[C@H]43. The van der Waals surface area contributed by atoms with Crippen LogP contribution < -0.4 is 0 Å². The second kappa shape index (κ2) is 0.929. The topological polar surface area (TPSA) is 0 Å². The molecule has 0 heterocycles. The van der Waals surface area contributed by atoms with Gasteiger partial charge in [0.15, 0.2) is 0 Å². The lowest BCUT2D eigenvalue weighted by atomic mass is 9.81. The molecular weight excluding hydrogens is 120 g/mol. The van der Waals surface area contributed by atoms with Gasteiger partial charge in [-0.3, -0.25) is 0 Å². The Morgan fingerprint density at radius 3 is 3.00 bits per heavy atom. The minimum atomic E-state index is 0.909. The van der Waals surface area contributed by atoms with Crippen molar-refractivity contribution in [2.24, 2.45) is 22.7 Å². The van der Waals surface area contributed by atoms with Crippen LogP contribution in [0.1, 0.15) is 25.7 Å². The summed E-state index contributed by atoms with van der Waals surface area (Å²) in [6, 6.07) is 0. The highest BCUT2D eigenvalue weighted by Crippen LogP contribution is 3.01. The van der Waals surface area contributed by atoms with Crippen LogP contribution in [0.3, 0.4) is 0 Å². The van der Waals surface area contributed by atoms with Crippen molar-refractivity contribution < 1.29 is 0 Å². The Labute approximate surface area is 61.3 Å². The summed E-state index contributed by atoms with van der Waals surface area (Å²) < 4.78 is 0. The van der Waals surface area contributed by atoms with Crippen LogP contribution in [-0.4, -0.2) is 0 Å². The number of fused-ring (bicyclic) bond motifs is 1. The quantitative estimate of drug-likeness (QED) is 0.444. The van der Waals surface area contributed by atoms with Gasteiger partial charge in [0.25, 0.3) is 0 Å². The van der Waals surface area contributed by atoms with Gasteiger partial charge in [-0.2, -0.15) is 0 Å². The third kappa shape index (κ3) is 0.202. The second-order valence-electron chi connectivity index (χ2n) is 4.70. The van der Waals surface area contributed by atoms with Gasteiger partial charge < -0.3 is 0 Å². The fourth-order valence-electron chi connectivity index (χ4n) is 4.60. The molecule has 2 spiro atoms. The summed E-state index contributed by atoms with van der Waals surface area (Å²) in [4.78, 5) is 0. The molecule has 0 N–H and O–H groups in total. The lowest BCUT2D eigenvalue weighted by Crippen LogP contribution is -2.15. The molecule has 0 aromatic carbocycles. The van der Waals surface area contributed by atoms with E-state index in [4.69, 9.17) is 0 Å². The summed E-state index contributed by atoms with van der Waals surface area (Å²) in [5, 5.41) is 0. The molecule has 5 rings (SSSR count). The van der Waals surface area contributed by atoms with Gasteiger partial charge in [-0.05, 0) is 48.3 Å². The Morgan fingerprint density at radius 1 is 1.20 bits per heavy atom. The van der Waals surface area contributed by atoms with E-state index in [9.17, 15) is 0 Å². The molecule has 10 heavy (non-hydrogen) atoms. The molecule has 0 heteroatoms. The van der Waals surface area contributed by atoms with Gasteiger partial charge in [0.05, 0.1) is 0 Å². The third-order valence-corrected chi connectivity index (χ3v) is 4.95. The van der Waals surface area contributed by atoms with Gasteiger partial charge in [-0.15, -0.1) is 0 Å². The Balaban J connectivity index is 1.94. The fraction of sp³-hybridized carbons (Fsp3) is 0.800. The normalized spacial score (nSPS) is 72.8. The molecule has 4 fully saturated rings. The summed E-state index contributed by atoms with van der Waals surface area (Å²) in [6.07, 6.45) is 10.9. The fourth-order valence-corrected chi connectivity index (χ4v) is 4.60. The van der Waals surface area contributed by atoms with Crippen LogP contribution in [0.4, 0.5) is 0 Å². The maximum Gasteiger partial charge on any atom is -0.0132 e. The van der Waals surface area contributed by atoms with Gasteiger partial charge >= 0.3 is 0 Å². The predicted molar refractivity (Wildman–Crippen MR) is 39.5 cm³/mol. The molecule has 4 saturated carbocycles. The Bertz CT molecular complexity index is 239. The molecule has 0 amide bonds. The van der Waals surface area contributed by atoms with E-state index < -0.39 is 0 Å². The van der Waals surface area contributed by atoms with Gasteiger partial charge in [-0.25, -0.2) is 0 Å². The van der Waals surface area contributed by atoms with Gasteiger partial charge in [0.1, 0.15) is 0 Å². The second-order valence-corrected chi connectivity index (χ2v) is 4.70. The molecule has 0 unspecified atom stereocenters. The van der Waals surface area contributed by atoms with Gasteiger partial charge in [-0.1, -0.05) is 12.2 Å². The van der Waals surface area contributed by atoms with Crippen molar-refractivity contribution in [2.75, 3.05) is 0 Å². The van der Waals surface area contributed by atoms with Crippen LogP contribution in [0.15, 0.2) is 12.2 Å². The first-order valence-corrected chi connectivity index (χ1v) is 4.57. The minimum Gasteiger partial charge on any atom is -0.0879 e. The molecule has 0 radical (unpaired) electrons. The van der Waals surface area contributed by atoms with E-state index in [1.807, 2.05) is 0 Å². The highest BCUT2D eigenvalue weighted by Gasteiger charge is 2.96. The van der Waals surface area contributed by atoms with Crippen LogP contribution in [0.5, 0.6) is 0 Å². The van der Waals surface area contributed by atoms with E-state index in [-0.39, 0.29) is 0 Å². The van der Waals surface area contributed by atoms with Crippen LogP contribution in [0, 0.1) is 22.7 Å². The van der Waals surface area contributed by atoms with Crippen LogP contribution >= 0.6 is 0 Å². The molecule has 0 saturated heterocycles. The van der Waals surface area contributed by atoms with Crippen molar-refractivity contribution in [3.05, 3.63) is 12.2 Å². The van der Waals surface area contributed by atoms with Crippen LogP contribution in [0.25, 0.3) is 0 Å². The molecule has 4 atom stereocenters. The van der Waals surface area contributed by atoms with E-state index in [0.29, 0.717) is 0 Å². The van der Waals surface area contributed by atoms with Crippen molar-refractivity contribution >= 4 is 0 Å². The number of rotatable bonds is 0. The van der Waals surface area contributed by atoms with Gasteiger partial charge in [0.2, 0.25) is 0 Å². The van der Waals surface area contributed by atoms with E-state index in [0.717, 1.165) is 10.8 Å². The third-order valence-electron chi connectivity index (χ3n) is 4.95. The highest BCUT2D eigenvalue weighted by molar-refractivity contribution is 5.46. The standard InChI is InChI=1S/C10H12/c1-2-5-10-7-3-6-9(10,4-1)8(7)10/h1-2,7-8H,3-6H2/t7-,8-,9+,10+/m0/s1. The van der Waals surface area contributed by atoms with E-state index in [1.165, 1.54) is 24.7 Å². The van der Waals surface area contributed by atoms with Crippen molar-refractivity contribution in [3.8, 4) is 0 Å². The molecule has 52 valence electrons. The largest absolute Gasteiger partial charge is 0.0879 e. The Kier molecular flexibility index (Phi) is 0.426. The molecule has 0 aromatic rings. The monoisotopic (exact) mass is 132 g/mol. The van der Waals surface area contributed by atoms with Crippen molar-refractivity contribution in [1.82, 2.24) is 0 Å². The summed E-state index contributed by atoms with van der Waals surface area (Å²) in [6.45, 7) is 0. The Hall–Kier alpha value is -0.260. The van der Waals surface area contributed by atoms with E-state index in [1.54, 1.807) is 12.8 Å². The zero-order valence-electron chi connectivity index (χ0n) is 6.14. The summed E-state index contributed by atoms with van der Waals surface area (Å²) in [7, 11) is 0. The number of allylic oxidation sites excluding steroid dienone is 2. The molecule has 2 bridgehead atoms. The average molecular weight is 132 g/mol.